The molecule has 0 fully saturated rings. The van der Waals surface area contributed by atoms with E-state index in [0.717, 1.165) is 0 Å². The van der Waals surface area contributed by atoms with Crippen molar-refractivity contribution >= 4 is 23.4 Å². The Balaban J connectivity index is 2.77. The van der Waals surface area contributed by atoms with Crippen LogP contribution in [0.3, 0.4) is 0 Å². The summed E-state index contributed by atoms with van der Waals surface area (Å²) in [6.45, 7) is 9.02. The first-order chi connectivity index (χ1) is 9.58. The van der Waals surface area contributed by atoms with Gasteiger partial charge < -0.3 is 15.2 Å². The Bertz CT molecular complexity index is 512. The summed E-state index contributed by atoms with van der Waals surface area (Å²) in [6, 6.07) is 2.72. The minimum atomic E-state index is -0.530. The van der Waals surface area contributed by atoms with E-state index in [4.69, 9.17) is 15.2 Å². The van der Waals surface area contributed by atoms with Gasteiger partial charge >= 0.3 is 5.97 Å². The number of halogens is 1. The highest BCUT2D eigenvalue weighted by atomic mass is 32.2. The molecule has 0 saturated heterocycles. The highest BCUT2D eigenvalue weighted by Gasteiger charge is 2.17. The van der Waals surface area contributed by atoms with Crippen LogP contribution in [0.15, 0.2) is 17.0 Å². The molecule has 0 amide bonds. The number of carbonyl (C=O) groups excluding carboxylic acids is 1. The molecular formula is C15H22FNO3S. The lowest BCUT2D eigenvalue weighted by molar-refractivity contribution is -0.151. The number of hydrogen-bond acceptors (Lipinski definition) is 5. The first-order valence-corrected chi connectivity index (χ1v) is 7.67. The van der Waals surface area contributed by atoms with Gasteiger partial charge in [-0.3, -0.25) is 4.79 Å². The third kappa shape index (κ3) is 6.25. The van der Waals surface area contributed by atoms with Crippen molar-refractivity contribution in [1.29, 1.82) is 0 Å². The van der Waals surface area contributed by atoms with E-state index in [1.165, 1.54) is 23.9 Å². The van der Waals surface area contributed by atoms with Crippen molar-refractivity contribution in [1.82, 2.24) is 0 Å². The van der Waals surface area contributed by atoms with Gasteiger partial charge in [0.25, 0.3) is 0 Å². The zero-order chi connectivity index (χ0) is 16.2. The SMILES string of the molecule is CC(C)Oc1cc(SCC(=O)OC(C)(C)C)c(N)cc1F. The molecule has 0 unspecified atom stereocenters. The van der Waals surface area contributed by atoms with Crippen LogP contribution in [-0.4, -0.2) is 23.4 Å². The molecule has 2 N–H and O–H groups in total. The summed E-state index contributed by atoms with van der Waals surface area (Å²) in [4.78, 5) is 12.3. The van der Waals surface area contributed by atoms with Crippen molar-refractivity contribution < 1.29 is 18.7 Å². The number of nitrogen functional groups attached to an aromatic ring is 1. The third-order valence-electron chi connectivity index (χ3n) is 2.19. The molecule has 0 aliphatic carbocycles. The van der Waals surface area contributed by atoms with Gasteiger partial charge in [0.15, 0.2) is 11.6 Å². The molecule has 118 valence electrons. The first-order valence-electron chi connectivity index (χ1n) is 6.69. The molecule has 0 radical (unpaired) electrons. The number of esters is 1. The second kappa shape index (κ2) is 7.02. The molecule has 6 heteroatoms. The molecule has 1 rings (SSSR count). The fourth-order valence-corrected chi connectivity index (χ4v) is 2.28. The quantitative estimate of drug-likeness (QED) is 0.511. The summed E-state index contributed by atoms with van der Waals surface area (Å²) < 4.78 is 24.3. The van der Waals surface area contributed by atoms with Gasteiger partial charge in [-0.05, 0) is 40.7 Å². The van der Waals surface area contributed by atoms with Crippen molar-refractivity contribution in [2.75, 3.05) is 11.5 Å². The van der Waals surface area contributed by atoms with Crippen LogP contribution < -0.4 is 10.5 Å². The van der Waals surface area contributed by atoms with Gasteiger partial charge in [0.05, 0.1) is 11.9 Å². The zero-order valence-electron chi connectivity index (χ0n) is 13.0. The summed E-state index contributed by atoms with van der Waals surface area (Å²) in [5.41, 5.74) is 5.51. The summed E-state index contributed by atoms with van der Waals surface area (Å²) >= 11 is 1.20. The van der Waals surface area contributed by atoms with Gasteiger partial charge in [0, 0.05) is 16.6 Å². The van der Waals surface area contributed by atoms with Gasteiger partial charge in [0.2, 0.25) is 0 Å². The Morgan fingerprint density at radius 1 is 1.38 bits per heavy atom. The fraction of sp³-hybridized carbons (Fsp3) is 0.533. The average Bonchev–Trinajstić information content (AvgIpc) is 2.28. The topological polar surface area (TPSA) is 61.5 Å². The number of rotatable bonds is 5. The van der Waals surface area contributed by atoms with E-state index in [1.54, 1.807) is 20.8 Å². The predicted molar refractivity (Wildman–Crippen MR) is 83.1 cm³/mol. The van der Waals surface area contributed by atoms with Gasteiger partial charge in [-0.25, -0.2) is 4.39 Å². The average molecular weight is 315 g/mol. The Morgan fingerprint density at radius 2 is 2.00 bits per heavy atom. The van der Waals surface area contributed by atoms with Crippen LogP contribution in [0.4, 0.5) is 10.1 Å². The fourth-order valence-electron chi connectivity index (χ4n) is 1.53. The molecular weight excluding hydrogens is 293 g/mol. The maximum absolute atomic E-state index is 13.7. The summed E-state index contributed by atoms with van der Waals surface area (Å²) in [5.74, 6) is -0.620. The number of hydrogen-bond donors (Lipinski definition) is 1. The Labute approximate surface area is 129 Å². The number of ether oxygens (including phenoxy) is 2. The smallest absolute Gasteiger partial charge is 0.316 e. The minimum absolute atomic E-state index is 0.105. The van der Waals surface area contributed by atoms with Crippen molar-refractivity contribution in [3.05, 3.63) is 17.9 Å². The van der Waals surface area contributed by atoms with Crippen molar-refractivity contribution in [2.24, 2.45) is 0 Å². The van der Waals surface area contributed by atoms with Crippen LogP contribution in [0, 0.1) is 5.82 Å². The highest BCUT2D eigenvalue weighted by molar-refractivity contribution is 8.00. The summed E-state index contributed by atoms with van der Waals surface area (Å²) in [6.07, 6.45) is -0.146. The van der Waals surface area contributed by atoms with Crippen LogP contribution in [0.5, 0.6) is 5.75 Å². The standard InChI is InChI=1S/C15H22FNO3S/c1-9(2)19-12-7-13(11(17)6-10(12)16)21-8-14(18)20-15(3,4)5/h6-7,9H,8,17H2,1-5H3. The maximum atomic E-state index is 13.7. The lowest BCUT2D eigenvalue weighted by atomic mass is 10.2. The van der Waals surface area contributed by atoms with Crippen LogP contribution in [0.1, 0.15) is 34.6 Å². The number of nitrogens with two attached hydrogens (primary N) is 1. The van der Waals surface area contributed by atoms with E-state index in [1.807, 2.05) is 13.8 Å². The van der Waals surface area contributed by atoms with Gasteiger partial charge in [-0.1, -0.05) is 0 Å². The number of benzene rings is 1. The van der Waals surface area contributed by atoms with E-state index in [-0.39, 0.29) is 29.3 Å². The highest BCUT2D eigenvalue weighted by Crippen LogP contribution is 2.32. The molecule has 0 aromatic heterocycles. The van der Waals surface area contributed by atoms with Crippen LogP contribution in [-0.2, 0) is 9.53 Å². The molecule has 0 aliphatic heterocycles. The lowest BCUT2D eigenvalue weighted by Crippen LogP contribution is -2.24. The van der Waals surface area contributed by atoms with E-state index in [0.29, 0.717) is 4.90 Å². The molecule has 0 heterocycles. The Morgan fingerprint density at radius 3 is 2.52 bits per heavy atom. The molecule has 0 bridgehead atoms. The third-order valence-corrected chi connectivity index (χ3v) is 3.24. The zero-order valence-corrected chi connectivity index (χ0v) is 13.8. The second-order valence-corrected chi connectivity index (χ2v) is 6.88. The van der Waals surface area contributed by atoms with E-state index in [9.17, 15) is 9.18 Å². The number of thioether (sulfide) groups is 1. The summed E-state index contributed by atoms with van der Waals surface area (Å²) in [7, 11) is 0. The second-order valence-electron chi connectivity index (χ2n) is 5.86. The van der Waals surface area contributed by atoms with E-state index >= 15 is 0 Å². The van der Waals surface area contributed by atoms with Crippen LogP contribution in [0.2, 0.25) is 0 Å². The number of anilines is 1. The molecule has 1 aromatic rings. The van der Waals surface area contributed by atoms with Gasteiger partial charge in [-0.2, -0.15) is 0 Å². The monoisotopic (exact) mass is 315 g/mol. The molecule has 4 nitrogen and oxygen atoms in total. The van der Waals surface area contributed by atoms with E-state index in [2.05, 4.69) is 0 Å². The van der Waals surface area contributed by atoms with Gasteiger partial charge in [0.1, 0.15) is 5.60 Å². The van der Waals surface area contributed by atoms with Crippen molar-refractivity contribution in [3.63, 3.8) is 0 Å². The molecule has 21 heavy (non-hydrogen) atoms. The normalized spacial score (nSPS) is 11.6. The van der Waals surface area contributed by atoms with Crippen LogP contribution in [0.25, 0.3) is 0 Å². The largest absolute Gasteiger partial charge is 0.488 e. The van der Waals surface area contributed by atoms with Crippen LogP contribution >= 0.6 is 11.8 Å². The van der Waals surface area contributed by atoms with Crippen molar-refractivity contribution in [3.8, 4) is 5.75 Å². The minimum Gasteiger partial charge on any atom is -0.488 e. The molecule has 0 atom stereocenters. The molecule has 0 spiro atoms. The Kier molecular flexibility index (Phi) is 5.89. The molecule has 0 aliphatic rings. The lowest BCUT2D eigenvalue weighted by Gasteiger charge is -2.19. The number of carbonyl (C=O) groups is 1. The maximum Gasteiger partial charge on any atom is 0.316 e. The molecule has 0 saturated carbocycles. The predicted octanol–water partition coefficient (Wildman–Crippen LogP) is 3.63. The van der Waals surface area contributed by atoms with E-state index < -0.39 is 11.4 Å². The van der Waals surface area contributed by atoms with Gasteiger partial charge in [-0.15, -0.1) is 11.8 Å². The molecule has 1 aromatic carbocycles. The summed E-state index contributed by atoms with van der Waals surface area (Å²) in [5, 5.41) is 0. The first kappa shape index (κ1) is 17.6. The Hall–Kier alpha value is -1.43. The van der Waals surface area contributed by atoms with Crippen molar-refractivity contribution in [2.45, 2.75) is 51.2 Å².